The Morgan fingerprint density at radius 3 is 2.80 bits per heavy atom. The average molecular weight is 337 g/mol. The summed E-state index contributed by atoms with van der Waals surface area (Å²) in [5.74, 6) is 0.575. The van der Waals surface area contributed by atoms with Gasteiger partial charge < -0.3 is 10.1 Å². The molecule has 128 valence electrons. The molecule has 0 aliphatic rings. The number of nitrogens with one attached hydrogen (secondary N) is 1. The Morgan fingerprint density at radius 1 is 1.24 bits per heavy atom. The van der Waals surface area contributed by atoms with Crippen LogP contribution in [0, 0.1) is 6.92 Å². The topological polar surface area (TPSA) is 81.9 Å². The predicted molar refractivity (Wildman–Crippen MR) is 93.1 cm³/mol. The molecule has 2 aromatic heterocycles. The fraction of sp³-hybridized carbons (Fsp3) is 0.222. The molecule has 0 bridgehead atoms. The third-order valence-electron chi connectivity index (χ3n) is 3.73. The van der Waals surface area contributed by atoms with Gasteiger partial charge in [-0.2, -0.15) is 0 Å². The molecule has 0 spiro atoms. The van der Waals surface area contributed by atoms with Crippen molar-refractivity contribution in [1.82, 2.24) is 20.0 Å². The van der Waals surface area contributed by atoms with E-state index in [2.05, 4.69) is 20.6 Å². The number of aryl methyl sites for hydroxylation is 1. The molecule has 7 heteroatoms. The largest absolute Gasteiger partial charge is 0.487 e. The van der Waals surface area contributed by atoms with Crippen LogP contribution in [-0.4, -0.2) is 25.9 Å². The third kappa shape index (κ3) is 4.20. The number of para-hydroxylation sites is 1. The van der Waals surface area contributed by atoms with Crippen molar-refractivity contribution >= 4 is 11.6 Å². The first-order chi connectivity index (χ1) is 12.1. The molecule has 1 amide bonds. The lowest BCUT2D eigenvalue weighted by molar-refractivity contribution is -0.119. The standard InChI is InChI=1S/C18H19N5O2/c1-13-17(9-6-10-19-13)20-18(24)14(2)23-11-15(21-22-23)12-25-16-7-4-3-5-8-16/h3-11,14H,12H2,1-2H3,(H,20,24)/t14-/m0/s1. The number of nitrogens with zero attached hydrogens (tertiary/aromatic N) is 4. The Kier molecular flexibility index (Phi) is 5.03. The number of carbonyl (C=O) groups excluding carboxylic acids is 1. The van der Waals surface area contributed by atoms with Crippen molar-refractivity contribution < 1.29 is 9.53 Å². The third-order valence-corrected chi connectivity index (χ3v) is 3.73. The summed E-state index contributed by atoms with van der Waals surface area (Å²) in [5.41, 5.74) is 2.10. The van der Waals surface area contributed by atoms with Crippen LogP contribution < -0.4 is 10.1 Å². The minimum absolute atomic E-state index is 0.184. The van der Waals surface area contributed by atoms with E-state index in [9.17, 15) is 4.79 Å². The van der Waals surface area contributed by atoms with Crippen LogP contribution >= 0.6 is 0 Å². The number of hydrogen-bond acceptors (Lipinski definition) is 5. The highest BCUT2D eigenvalue weighted by molar-refractivity contribution is 5.93. The molecular weight excluding hydrogens is 318 g/mol. The Bertz CT molecular complexity index is 847. The summed E-state index contributed by atoms with van der Waals surface area (Å²) in [6.07, 6.45) is 3.40. The molecule has 0 aliphatic heterocycles. The molecule has 3 aromatic rings. The Hall–Kier alpha value is -3.22. The van der Waals surface area contributed by atoms with E-state index < -0.39 is 6.04 Å². The summed E-state index contributed by atoms with van der Waals surface area (Å²) in [5, 5.41) is 10.9. The fourth-order valence-electron chi connectivity index (χ4n) is 2.22. The number of carbonyl (C=O) groups is 1. The molecular formula is C18H19N5O2. The highest BCUT2D eigenvalue weighted by Crippen LogP contribution is 2.15. The first kappa shape index (κ1) is 16.6. The lowest BCUT2D eigenvalue weighted by Gasteiger charge is -2.12. The zero-order valence-corrected chi connectivity index (χ0v) is 14.1. The van der Waals surface area contributed by atoms with Crippen LogP contribution in [-0.2, 0) is 11.4 Å². The molecule has 0 aliphatic carbocycles. The number of ether oxygens (including phenoxy) is 1. The molecule has 1 aromatic carbocycles. The van der Waals surface area contributed by atoms with Gasteiger partial charge in [-0.05, 0) is 38.1 Å². The maximum atomic E-state index is 12.4. The van der Waals surface area contributed by atoms with Crippen LogP contribution in [0.4, 0.5) is 5.69 Å². The number of aromatic nitrogens is 4. The lowest BCUT2D eigenvalue weighted by Crippen LogP contribution is -2.24. The molecule has 1 N–H and O–H groups in total. The second-order valence-electron chi connectivity index (χ2n) is 5.59. The van der Waals surface area contributed by atoms with Crippen LogP contribution in [0.1, 0.15) is 24.4 Å². The van der Waals surface area contributed by atoms with Gasteiger partial charge in [-0.3, -0.25) is 9.78 Å². The lowest BCUT2D eigenvalue weighted by atomic mass is 10.2. The monoisotopic (exact) mass is 337 g/mol. The quantitative estimate of drug-likeness (QED) is 0.748. The van der Waals surface area contributed by atoms with E-state index in [1.54, 1.807) is 25.4 Å². The van der Waals surface area contributed by atoms with Gasteiger partial charge in [0.25, 0.3) is 0 Å². The second kappa shape index (κ2) is 7.57. The summed E-state index contributed by atoms with van der Waals surface area (Å²) in [7, 11) is 0. The zero-order valence-electron chi connectivity index (χ0n) is 14.1. The Morgan fingerprint density at radius 2 is 2.04 bits per heavy atom. The van der Waals surface area contributed by atoms with Gasteiger partial charge >= 0.3 is 0 Å². The van der Waals surface area contributed by atoms with Crippen molar-refractivity contribution in [2.75, 3.05) is 5.32 Å². The molecule has 25 heavy (non-hydrogen) atoms. The number of anilines is 1. The van der Waals surface area contributed by atoms with Gasteiger partial charge in [-0.15, -0.1) is 5.10 Å². The smallest absolute Gasteiger partial charge is 0.249 e. The number of rotatable bonds is 6. The first-order valence-corrected chi connectivity index (χ1v) is 7.94. The van der Waals surface area contributed by atoms with Gasteiger partial charge in [0.15, 0.2) is 0 Å². The van der Waals surface area contributed by atoms with Crippen LogP contribution in [0.5, 0.6) is 5.75 Å². The maximum Gasteiger partial charge on any atom is 0.249 e. The van der Waals surface area contributed by atoms with Crippen LogP contribution in [0.3, 0.4) is 0 Å². The highest BCUT2D eigenvalue weighted by Gasteiger charge is 2.18. The van der Waals surface area contributed by atoms with Crippen molar-refractivity contribution in [1.29, 1.82) is 0 Å². The minimum atomic E-state index is -0.502. The number of hydrogen-bond donors (Lipinski definition) is 1. The van der Waals surface area contributed by atoms with E-state index in [1.807, 2.05) is 43.3 Å². The van der Waals surface area contributed by atoms with E-state index >= 15 is 0 Å². The fourth-order valence-corrected chi connectivity index (χ4v) is 2.22. The number of pyridine rings is 1. The van der Waals surface area contributed by atoms with E-state index in [0.717, 1.165) is 11.4 Å². The van der Waals surface area contributed by atoms with Crippen molar-refractivity contribution in [3.05, 3.63) is 66.2 Å². The van der Waals surface area contributed by atoms with Crippen molar-refractivity contribution in [2.24, 2.45) is 0 Å². The van der Waals surface area contributed by atoms with Crippen LogP contribution in [0.2, 0.25) is 0 Å². The molecule has 0 saturated heterocycles. The van der Waals surface area contributed by atoms with Crippen molar-refractivity contribution in [3.63, 3.8) is 0 Å². The highest BCUT2D eigenvalue weighted by atomic mass is 16.5. The molecule has 3 rings (SSSR count). The summed E-state index contributed by atoms with van der Waals surface area (Å²) >= 11 is 0. The summed E-state index contributed by atoms with van der Waals surface area (Å²) in [6, 6.07) is 12.6. The van der Waals surface area contributed by atoms with Crippen molar-refractivity contribution in [2.45, 2.75) is 26.5 Å². The van der Waals surface area contributed by atoms with E-state index in [1.165, 1.54) is 4.68 Å². The van der Waals surface area contributed by atoms with Crippen LogP contribution in [0.25, 0.3) is 0 Å². The van der Waals surface area contributed by atoms with Gasteiger partial charge in [0.1, 0.15) is 24.1 Å². The minimum Gasteiger partial charge on any atom is -0.487 e. The number of benzene rings is 1. The van der Waals surface area contributed by atoms with Gasteiger partial charge in [0.2, 0.25) is 5.91 Å². The molecule has 0 radical (unpaired) electrons. The summed E-state index contributed by atoms with van der Waals surface area (Å²) in [6.45, 7) is 3.90. The van der Waals surface area contributed by atoms with Gasteiger partial charge in [0, 0.05) is 6.20 Å². The Labute approximate surface area is 145 Å². The second-order valence-corrected chi connectivity index (χ2v) is 5.59. The molecule has 0 saturated carbocycles. The molecule has 1 atom stereocenters. The SMILES string of the molecule is Cc1ncccc1NC(=O)[C@H](C)n1cc(COc2ccccc2)nn1. The summed E-state index contributed by atoms with van der Waals surface area (Å²) in [4.78, 5) is 16.6. The normalized spacial score (nSPS) is 11.8. The van der Waals surface area contributed by atoms with Gasteiger partial charge in [-0.25, -0.2) is 4.68 Å². The molecule has 2 heterocycles. The molecule has 0 unspecified atom stereocenters. The van der Waals surface area contributed by atoms with E-state index in [4.69, 9.17) is 4.74 Å². The van der Waals surface area contributed by atoms with E-state index in [-0.39, 0.29) is 5.91 Å². The Balaban J connectivity index is 1.61. The van der Waals surface area contributed by atoms with Gasteiger partial charge in [0.05, 0.1) is 17.6 Å². The first-order valence-electron chi connectivity index (χ1n) is 7.94. The summed E-state index contributed by atoms with van der Waals surface area (Å²) < 4.78 is 7.15. The van der Waals surface area contributed by atoms with E-state index in [0.29, 0.717) is 18.0 Å². The maximum absolute atomic E-state index is 12.4. The molecule has 7 nitrogen and oxygen atoms in total. The average Bonchev–Trinajstić information content (AvgIpc) is 3.11. The zero-order chi connectivity index (χ0) is 17.6. The molecule has 0 fully saturated rings. The van der Waals surface area contributed by atoms with Crippen molar-refractivity contribution in [3.8, 4) is 5.75 Å². The predicted octanol–water partition coefficient (Wildman–Crippen LogP) is 2.76. The van der Waals surface area contributed by atoms with Crippen LogP contribution in [0.15, 0.2) is 54.9 Å². The van der Waals surface area contributed by atoms with Gasteiger partial charge in [-0.1, -0.05) is 23.4 Å². The number of amides is 1.